The molecule has 1 N–H and O–H groups in total. The zero-order valence-electron chi connectivity index (χ0n) is 14.3. The van der Waals surface area contributed by atoms with Crippen LogP contribution in [0, 0.1) is 0 Å². The minimum atomic E-state index is 0. The standard InChI is InChI=1S/C19H23N5.H2/c1-3-13-8-15(14-6-4-5-7-14)20-10-16(13)23-19-9-18-17(11-21-19)22-12-24(18)2;/h8-12,14H,3-7H2,1-2H3,(H,21,23);1H. The molecule has 1 aliphatic rings. The Bertz CT molecular complexity index is 867. The second-order valence-electron chi connectivity index (χ2n) is 6.64. The summed E-state index contributed by atoms with van der Waals surface area (Å²) in [7, 11) is 1.99. The van der Waals surface area contributed by atoms with E-state index in [2.05, 4.69) is 28.3 Å². The van der Waals surface area contributed by atoms with E-state index in [0.29, 0.717) is 5.92 Å². The third-order valence-electron chi connectivity index (χ3n) is 5.04. The second kappa shape index (κ2) is 6.23. The van der Waals surface area contributed by atoms with Gasteiger partial charge in [-0.05, 0) is 30.9 Å². The Morgan fingerprint density at radius 2 is 2.00 bits per heavy atom. The van der Waals surface area contributed by atoms with E-state index in [-0.39, 0.29) is 1.43 Å². The van der Waals surface area contributed by atoms with Crippen LogP contribution >= 0.6 is 0 Å². The molecular formula is C19H25N5. The van der Waals surface area contributed by atoms with Gasteiger partial charge < -0.3 is 9.88 Å². The van der Waals surface area contributed by atoms with Gasteiger partial charge in [0, 0.05) is 26.2 Å². The first-order valence-corrected chi connectivity index (χ1v) is 8.77. The lowest BCUT2D eigenvalue weighted by Gasteiger charge is -2.14. The smallest absolute Gasteiger partial charge is 0.132 e. The lowest BCUT2D eigenvalue weighted by molar-refractivity contribution is 0.696. The van der Waals surface area contributed by atoms with Gasteiger partial charge in [-0.15, -0.1) is 0 Å². The molecule has 1 aliphatic carbocycles. The maximum atomic E-state index is 4.73. The molecule has 0 saturated heterocycles. The quantitative estimate of drug-likeness (QED) is 0.764. The second-order valence-corrected chi connectivity index (χ2v) is 6.64. The highest BCUT2D eigenvalue weighted by atomic mass is 15.1. The molecule has 0 spiro atoms. The zero-order valence-corrected chi connectivity index (χ0v) is 14.3. The largest absolute Gasteiger partial charge is 0.339 e. The van der Waals surface area contributed by atoms with Gasteiger partial charge in [0.2, 0.25) is 0 Å². The van der Waals surface area contributed by atoms with E-state index in [0.717, 1.165) is 29.0 Å². The van der Waals surface area contributed by atoms with Gasteiger partial charge in [0.1, 0.15) is 11.3 Å². The SMILES string of the molecule is CCc1cc(C2CCCC2)ncc1Nc1cc2c(cn1)ncn2C.[HH]. The van der Waals surface area contributed by atoms with Crippen molar-refractivity contribution in [3.63, 3.8) is 0 Å². The highest BCUT2D eigenvalue weighted by molar-refractivity contribution is 5.78. The summed E-state index contributed by atoms with van der Waals surface area (Å²) < 4.78 is 2.00. The molecule has 4 rings (SSSR count). The molecule has 3 heterocycles. The summed E-state index contributed by atoms with van der Waals surface area (Å²) in [6, 6.07) is 4.31. The van der Waals surface area contributed by atoms with Crippen LogP contribution in [-0.2, 0) is 13.5 Å². The summed E-state index contributed by atoms with van der Waals surface area (Å²) >= 11 is 0. The maximum Gasteiger partial charge on any atom is 0.132 e. The highest BCUT2D eigenvalue weighted by Crippen LogP contribution is 2.34. The van der Waals surface area contributed by atoms with Gasteiger partial charge in [0.15, 0.2) is 0 Å². The zero-order chi connectivity index (χ0) is 16.5. The number of imidazole rings is 1. The summed E-state index contributed by atoms with van der Waals surface area (Å²) in [5, 5.41) is 3.44. The topological polar surface area (TPSA) is 55.6 Å². The third kappa shape index (κ3) is 2.75. The van der Waals surface area contributed by atoms with Crippen molar-refractivity contribution >= 4 is 22.5 Å². The van der Waals surface area contributed by atoms with E-state index < -0.39 is 0 Å². The predicted molar refractivity (Wildman–Crippen MR) is 98.7 cm³/mol. The molecule has 24 heavy (non-hydrogen) atoms. The molecule has 5 heteroatoms. The van der Waals surface area contributed by atoms with E-state index >= 15 is 0 Å². The average Bonchev–Trinajstić information content (AvgIpc) is 3.26. The van der Waals surface area contributed by atoms with E-state index in [1.54, 1.807) is 0 Å². The summed E-state index contributed by atoms with van der Waals surface area (Å²) in [5.41, 5.74) is 5.59. The Morgan fingerprint density at radius 1 is 1.17 bits per heavy atom. The molecule has 1 fully saturated rings. The lowest BCUT2D eigenvalue weighted by atomic mass is 10.0. The van der Waals surface area contributed by atoms with Crippen LogP contribution in [0.3, 0.4) is 0 Å². The van der Waals surface area contributed by atoms with Gasteiger partial charge in [-0.25, -0.2) is 9.97 Å². The molecule has 0 radical (unpaired) electrons. The first-order chi connectivity index (χ1) is 11.7. The number of aromatic nitrogens is 4. The molecule has 1 saturated carbocycles. The van der Waals surface area contributed by atoms with Crippen LogP contribution in [0.1, 0.15) is 51.2 Å². The van der Waals surface area contributed by atoms with Crippen molar-refractivity contribution < 1.29 is 1.43 Å². The molecule has 126 valence electrons. The molecular weight excluding hydrogens is 298 g/mol. The Labute approximate surface area is 143 Å². The van der Waals surface area contributed by atoms with E-state index in [1.807, 2.05) is 36.4 Å². The van der Waals surface area contributed by atoms with Gasteiger partial charge in [0.25, 0.3) is 0 Å². The first-order valence-electron chi connectivity index (χ1n) is 8.77. The normalized spacial score (nSPS) is 15.2. The van der Waals surface area contributed by atoms with Crippen molar-refractivity contribution in [1.82, 2.24) is 19.5 Å². The molecule has 3 aromatic heterocycles. The van der Waals surface area contributed by atoms with Gasteiger partial charge in [-0.2, -0.15) is 0 Å². The molecule has 5 nitrogen and oxygen atoms in total. The van der Waals surface area contributed by atoms with Crippen LogP contribution in [0.25, 0.3) is 11.0 Å². The average molecular weight is 323 g/mol. The van der Waals surface area contributed by atoms with E-state index in [9.17, 15) is 0 Å². The third-order valence-corrected chi connectivity index (χ3v) is 5.04. The van der Waals surface area contributed by atoms with Crippen LogP contribution in [-0.4, -0.2) is 19.5 Å². The van der Waals surface area contributed by atoms with Gasteiger partial charge in [0.05, 0.1) is 29.9 Å². The van der Waals surface area contributed by atoms with Crippen LogP contribution in [0.5, 0.6) is 0 Å². The molecule has 0 unspecified atom stereocenters. The fourth-order valence-corrected chi connectivity index (χ4v) is 3.60. The number of aryl methyl sites for hydroxylation is 2. The fraction of sp³-hybridized carbons (Fsp3) is 0.421. The monoisotopic (exact) mass is 323 g/mol. The van der Waals surface area contributed by atoms with E-state index in [4.69, 9.17) is 4.98 Å². The number of anilines is 2. The molecule has 0 amide bonds. The fourth-order valence-electron chi connectivity index (χ4n) is 3.60. The van der Waals surface area contributed by atoms with Crippen molar-refractivity contribution in [3.05, 3.63) is 42.1 Å². The van der Waals surface area contributed by atoms with Crippen molar-refractivity contribution in [2.45, 2.75) is 44.9 Å². The number of nitrogens with one attached hydrogen (secondary N) is 1. The Hall–Kier alpha value is -2.43. The summed E-state index contributed by atoms with van der Waals surface area (Å²) in [5.74, 6) is 1.48. The number of nitrogens with zero attached hydrogens (tertiary/aromatic N) is 4. The molecule has 0 bridgehead atoms. The van der Waals surface area contributed by atoms with Crippen molar-refractivity contribution in [1.29, 1.82) is 0 Å². The molecule has 0 aromatic carbocycles. The van der Waals surface area contributed by atoms with Crippen molar-refractivity contribution in [2.24, 2.45) is 7.05 Å². The van der Waals surface area contributed by atoms with Crippen LogP contribution in [0.2, 0.25) is 0 Å². The highest BCUT2D eigenvalue weighted by Gasteiger charge is 2.19. The van der Waals surface area contributed by atoms with Gasteiger partial charge >= 0.3 is 0 Å². The van der Waals surface area contributed by atoms with Gasteiger partial charge in [-0.1, -0.05) is 19.8 Å². The maximum absolute atomic E-state index is 4.73. The summed E-state index contributed by atoms with van der Waals surface area (Å²) in [6.07, 6.45) is 11.8. The number of rotatable bonds is 4. The van der Waals surface area contributed by atoms with Gasteiger partial charge in [-0.3, -0.25) is 4.98 Å². The van der Waals surface area contributed by atoms with Crippen molar-refractivity contribution in [3.8, 4) is 0 Å². The summed E-state index contributed by atoms with van der Waals surface area (Å²) in [6.45, 7) is 2.19. The summed E-state index contributed by atoms with van der Waals surface area (Å²) in [4.78, 5) is 13.5. The first kappa shape index (κ1) is 15.1. The predicted octanol–water partition coefficient (Wildman–Crippen LogP) is 4.57. The van der Waals surface area contributed by atoms with E-state index in [1.165, 1.54) is 36.9 Å². The van der Waals surface area contributed by atoms with Crippen LogP contribution < -0.4 is 5.32 Å². The van der Waals surface area contributed by atoms with Crippen molar-refractivity contribution in [2.75, 3.05) is 5.32 Å². The molecule has 0 atom stereocenters. The van der Waals surface area contributed by atoms with Crippen LogP contribution in [0.15, 0.2) is 30.9 Å². The Morgan fingerprint density at radius 3 is 2.79 bits per heavy atom. The van der Waals surface area contributed by atoms with Crippen LogP contribution in [0.4, 0.5) is 11.5 Å². The molecule has 0 aliphatic heterocycles. The Kier molecular flexibility index (Phi) is 3.92. The minimum absolute atomic E-state index is 0. The number of hydrogen-bond acceptors (Lipinski definition) is 4. The minimum Gasteiger partial charge on any atom is -0.339 e. The number of fused-ring (bicyclic) bond motifs is 1. The molecule has 3 aromatic rings. The Balaban J connectivity index is 0.00000182. The lowest BCUT2D eigenvalue weighted by Crippen LogP contribution is -2.03. The number of hydrogen-bond donors (Lipinski definition) is 1. The number of pyridine rings is 2.